The first-order valence-electron chi connectivity index (χ1n) is 11.0. The van der Waals surface area contributed by atoms with E-state index >= 15 is 0 Å². The minimum atomic E-state index is -0.0846. The van der Waals surface area contributed by atoms with E-state index in [0.717, 1.165) is 25.7 Å². The van der Waals surface area contributed by atoms with E-state index in [-0.39, 0.29) is 12.1 Å². The number of unbranched alkanes of at least 4 members (excludes halogenated alkanes) is 13. The zero-order chi connectivity index (χ0) is 18.6. The van der Waals surface area contributed by atoms with Gasteiger partial charge in [0.2, 0.25) is 0 Å². The van der Waals surface area contributed by atoms with Crippen LogP contribution in [0.3, 0.4) is 0 Å². The van der Waals surface area contributed by atoms with Gasteiger partial charge in [-0.1, -0.05) is 96.8 Å². The lowest BCUT2D eigenvalue weighted by molar-refractivity contribution is -0.140. The third kappa shape index (κ3) is 19.6. The Kier molecular flexibility index (Phi) is 19.3. The van der Waals surface area contributed by atoms with E-state index < -0.39 is 0 Å². The smallest absolute Gasteiger partial charge is 0.305 e. The molecule has 0 aliphatic heterocycles. The molecular weight excluding hydrogens is 312 g/mol. The number of carbonyl (C=O) groups excluding carboxylic acids is 1. The van der Waals surface area contributed by atoms with Gasteiger partial charge in [-0.15, -0.1) is 0 Å². The molecular formula is C22H44O3. The summed E-state index contributed by atoms with van der Waals surface area (Å²) in [6, 6.07) is 0. The molecule has 0 aliphatic carbocycles. The lowest BCUT2D eigenvalue weighted by Crippen LogP contribution is -2.05. The van der Waals surface area contributed by atoms with Gasteiger partial charge in [-0.25, -0.2) is 0 Å². The fraction of sp³-hybridized carbons (Fsp3) is 0.955. The Morgan fingerprint density at radius 1 is 0.720 bits per heavy atom. The van der Waals surface area contributed by atoms with Crippen LogP contribution in [-0.2, 0) is 9.53 Å². The quantitative estimate of drug-likeness (QED) is 0.210. The number of ether oxygens (including phenoxy) is 1. The second-order valence-corrected chi connectivity index (χ2v) is 7.51. The summed E-state index contributed by atoms with van der Waals surface area (Å²) in [5, 5.41) is 10.00. The second-order valence-electron chi connectivity index (χ2n) is 7.51. The van der Waals surface area contributed by atoms with Crippen molar-refractivity contribution in [3.05, 3.63) is 0 Å². The number of hydrogen-bond acceptors (Lipinski definition) is 3. The number of hydrogen-bond donors (Lipinski definition) is 1. The number of esters is 1. The summed E-state index contributed by atoms with van der Waals surface area (Å²) in [5.41, 5.74) is 0. The van der Waals surface area contributed by atoms with Crippen LogP contribution in [0.4, 0.5) is 0 Å². The zero-order valence-electron chi connectivity index (χ0n) is 17.1. The molecule has 0 rings (SSSR count). The SMILES string of the molecule is CCCCCCCCC(O)CCCCCCCCCCCC(=O)OC. The van der Waals surface area contributed by atoms with Crippen LogP contribution in [0, 0.1) is 0 Å². The minimum Gasteiger partial charge on any atom is -0.469 e. The number of aliphatic hydroxyl groups excluding tert-OH is 1. The first-order chi connectivity index (χ1) is 12.2. The molecule has 0 heterocycles. The van der Waals surface area contributed by atoms with Crippen molar-refractivity contribution >= 4 is 5.97 Å². The Hall–Kier alpha value is -0.570. The fourth-order valence-electron chi connectivity index (χ4n) is 3.29. The van der Waals surface area contributed by atoms with Crippen LogP contribution in [-0.4, -0.2) is 24.3 Å². The normalized spacial score (nSPS) is 12.3. The molecule has 0 radical (unpaired) electrons. The van der Waals surface area contributed by atoms with Crippen LogP contribution in [0.5, 0.6) is 0 Å². The fourth-order valence-corrected chi connectivity index (χ4v) is 3.29. The Bertz CT molecular complexity index is 278. The molecule has 0 aromatic carbocycles. The van der Waals surface area contributed by atoms with Crippen molar-refractivity contribution in [3.8, 4) is 0 Å². The third-order valence-corrected chi connectivity index (χ3v) is 5.04. The molecule has 3 nitrogen and oxygen atoms in total. The van der Waals surface area contributed by atoms with Gasteiger partial charge in [0, 0.05) is 6.42 Å². The maximum Gasteiger partial charge on any atom is 0.305 e. The Morgan fingerprint density at radius 2 is 1.12 bits per heavy atom. The van der Waals surface area contributed by atoms with Crippen LogP contribution in [0.25, 0.3) is 0 Å². The topological polar surface area (TPSA) is 46.5 Å². The van der Waals surface area contributed by atoms with Crippen molar-refractivity contribution in [2.45, 2.75) is 129 Å². The molecule has 0 aromatic heterocycles. The van der Waals surface area contributed by atoms with Gasteiger partial charge in [0.1, 0.15) is 0 Å². The Labute approximate surface area is 156 Å². The van der Waals surface area contributed by atoms with E-state index in [9.17, 15) is 9.90 Å². The predicted molar refractivity (Wildman–Crippen MR) is 107 cm³/mol. The predicted octanol–water partition coefficient (Wildman–Crippen LogP) is 6.56. The summed E-state index contributed by atoms with van der Waals surface area (Å²) in [7, 11) is 1.45. The molecule has 0 aromatic rings. The van der Waals surface area contributed by atoms with E-state index in [4.69, 9.17) is 0 Å². The van der Waals surface area contributed by atoms with Crippen molar-refractivity contribution in [1.82, 2.24) is 0 Å². The average molecular weight is 357 g/mol. The molecule has 150 valence electrons. The molecule has 0 aliphatic rings. The van der Waals surface area contributed by atoms with Gasteiger partial charge in [-0.05, 0) is 19.3 Å². The largest absolute Gasteiger partial charge is 0.469 e. The van der Waals surface area contributed by atoms with Gasteiger partial charge in [-0.3, -0.25) is 4.79 Å². The number of methoxy groups -OCH3 is 1. The van der Waals surface area contributed by atoms with Crippen LogP contribution in [0.1, 0.15) is 122 Å². The average Bonchev–Trinajstić information content (AvgIpc) is 2.62. The molecule has 1 unspecified atom stereocenters. The molecule has 0 saturated carbocycles. The molecule has 0 amide bonds. The molecule has 0 saturated heterocycles. The highest BCUT2D eigenvalue weighted by molar-refractivity contribution is 5.68. The van der Waals surface area contributed by atoms with E-state index in [1.807, 2.05) is 0 Å². The Balaban J connectivity index is 3.15. The monoisotopic (exact) mass is 356 g/mol. The molecule has 25 heavy (non-hydrogen) atoms. The summed E-state index contributed by atoms with van der Waals surface area (Å²) >= 11 is 0. The Morgan fingerprint density at radius 3 is 1.56 bits per heavy atom. The zero-order valence-corrected chi connectivity index (χ0v) is 17.1. The van der Waals surface area contributed by atoms with Crippen molar-refractivity contribution in [2.24, 2.45) is 0 Å². The lowest BCUT2D eigenvalue weighted by Gasteiger charge is -2.10. The molecule has 0 spiro atoms. The van der Waals surface area contributed by atoms with Crippen LogP contribution < -0.4 is 0 Å². The van der Waals surface area contributed by atoms with Crippen molar-refractivity contribution in [3.63, 3.8) is 0 Å². The van der Waals surface area contributed by atoms with Gasteiger partial charge in [-0.2, -0.15) is 0 Å². The summed E-state index contributed by atoms with van der Waals surface area (Å²) in [5.74, 6) is -0.0846. The highest BCUT2D eigenvalue weighted by Crippen LogP contribution is 2.15. The van der Waals surface area contributed by atoms with E-state index in [1.165, 1.54) is 90.6 Å². The van der Waals surface area contributed by atoms with Gasteiger partial charge in [0.05, 0.1) is 13.2 Å². The minimum absolute atomic E-state index is 0.0685. The first kappa shape index (κ1) is 24.4. The molecule has 1 N–H and O–H groups in total. The van der Waals surface area contributed by atoms with Gasteiger partial charge < -0.3 is 9.84 Å². The van der Waals surface area contributed by atoms with Gasteiger partial charge >= 0.3 is 5.97 Å². The molecule has 1 atom stereocenters. The van der Waals surface area contributed by atoms with Crippen LogP contribution in [0.2, 0.25) is 0 Å². The number of rotatable bonds is 19. The maximum atomic E-state index is 11.0. The summed E-state index contributed by atoms with van der Waals surface area (Å²) in [6.45, 7) is 2.25. The highest BCUT2D eigenvalue weighted by atomic mass is 16.5. The molecule has 3 heteroatoms. The van der Waals surface area contributed by atoms with Gasteiger partial charge in [0.25, 0.3) is 0 Å². The molecule has 0 fully saturated rings. The third-order valence-electron chi connectivity index (χ3n) is 5.04. The maximum absolute atomic E-state index is 11.0. The standard InChI is InChI=1S/C22H44O3/c1-3-4-5-6-12-15-18-21(23)19-16-13-10-8-7-9-11-14-17-20-22(24)25-2/h21,23H,3-20H2,1-2H3. The number of aliphatic hydroxyl groups is 1. The van der Waals surface area contributed by atoms with Crippen LogP contribution >= 0.6 is 0 Å². The van der Waals surface area contributed by atoms with Gasteiger partial charge in [0.15, 0.2) is 0 Å². The second kappa shape index (κ2) is 19.8. The number of carbonyl (C=O) groups is 1. The van der Waals surface area contributed by atoms with Crippen molar-refractivity contribution in [1.29, 1.82) is 0 Å². The van der Waals surface area contributed by atoms with E-state index in [1.54, 1.807) is 0 Å². The van der Waals surface area contributed by atoms with Crippen LogP contribution in [0.15, 0.2) is 0 Å². The lowest BCUT2D eigenvalue weighted by atomic mass is 10.0. The summed E-state index contributed by atoms with van der Waals surface area (Å²) in [6.07, 6.45) is 21.3. The highest BCUT2D eigenvalue weighted by Gasteiger charge is 2.04. The van der Waals surface area contributed by atoms with Crippen molar-refractivity contribution in [2.75, 3.05) is 7.11 Å². The first-order valence-corrected chi connectivity index (χ1v) is 11.0. The van der Waals surface area contributed by atoms with Crippen molar-refractivity contribution < 1.29 is 14.6 Å². The summed E-state index contributed by atoms with van der Waals surface area (Å²) < 4.78 is 4.63. The summed E-state index contributed by atoms with van der Waals surface area (Å²) in [4.78, 5) is 11.0. The van der Waals surface area contributed by atoms with E-state index in [2.05, 4.69) is 11.7 Å². The van der Waals surface area contributed by atoms with E-state index in [0.29, 0.717) is 6.42 Å². The molecule has 0 bridgehead atoms.